The third-order valence-corrected chi connectivity index (χ3v) is 5.39. The first-order valence-electron chi connectivity index (χ1n) is 10.3. The van der Waals surface area contributed by atoms with Crippen molar-refractivity contribution in [1.29, 1.82) is 0 Å². The molecule has 1 amide bonds. The molecule has 7 heteroatoms. The molecule has 0 aromatic heterocycles. The van der Waals surface area contributed by atoms with Gasteiger partial charge in [0.05, 0.1) is 6.61 Å². The topological polar surface area (TPSA) is 84.9 Å². The van der Waals surface area contributed by atoms with Crippen molar-refractivity contribution in [2.45, 2.75) is 96.8 Å². The molecule has 156 valence electrons. The molecule has 0 spiro atoms. The van der Waals surface area contributed by atoms with Gasteiger partial charge in [-0.25, -0.2) is 4.57 Å². The van der Waals surface area contributed by atoms with Gasteiger partial charge in [-0.2, -0.15) is 0 Å². The second kappa shape index (κ2) is 18.0. The van der Waals surface area contributed by atoms with E-state index in [0.29, 0.717) is 6.42 Å². The molecule has 0 saturated carbocycles. The fraction of sp³-hybridized carbons (Fsp3) is 0.947. The summed E-state index contributed by atoms with van der Waals surface area (Å²) in [4.78, 5) is 20.6. The minimum Gasteiger partial charge on any atom is -0.354 e. The van der Waals surface area contributed by atoms with Gasteiger partial charge in [-0.15, -0.1) is 0 Å². The lowest BCUT2D eigenvalue weighted by atomic mass is 10.0. The van der Waals surface area contributed by atoms with E-state index in [-0.39, 0.29) is 19.1 Å². The van der Waals surface area contributed by atoms with Crippen LogP contribution in [0.4, 0.5) is 0 Å². The van der Waals surface area contributed by atoms with Gasteiger partial charge in [-0.1, -0.05) is 84.0 Å². The molecule has 0 fully saturated rings. The molecule has 1 unspecified atom stereocenters. The molecule has 2 N–H and O–H groups in total. The van der Waals surface area contributed by atoms with Crippen molar-refractivity contribution >= 4 is 13.7 Å². The SMILES string of the molecule is CCCCCCCCCCCCCCCC(=O)NCCOP(=O)(O)OC. The number of hydrogen-bond donors (Lipinski definition) is 2. The number of carbonyl (C=O) groups is 1. The zero-order chi connectivity index (χ0) is 19.5. The summed E-state index contributed by atoms with van der Waals surface area (Å²) in [6.45, 7) is 2.43. The highest BCUT2D eigenvalue weighted by molar-refractivity contribution is 7.47. The monoisotopic (exact) mass is 393 g/mol. The highest BCUT2D eigenvalue weighted by atomic mass is 31.2. The van der Waals surface area contributed by atoms with Crippen LogP contribution in [0.1, 0.15) is 96.8 Å². The van der Waals surface area contributed by atoms with Gasteiger partial charge in [0.2, 0.25) is 5.91 Å². The van der Waals surface area contributed by atoms with Gasteiger partial charge in [0, 0.05) is 20.1 Å². The summed E-state index contributed by atoms with van der Waals surface area (Å²) in [6, 6.07) is 0. The summed E-state index contributed by atoms with van der Waals surface area (Å²) < 4.78 is 19.9. The molecule has 0 rings (SSSR count). The molecule has 0 aliphatic heterocycles. The van der Waals surface area contributed by atoms with Gasteiger partial charge in [-0.3, -0.25) is 13.8 Å². The number of nitrogens with one attached hydrogen (secondary N) is 1. The van der Waals surface area contributed by atoms with Crippen molar-refractivity contribution in [3.05, 3.63) is 0 Å². The van der Waals surface area contributed by atoms with Crippen LogP contribution in [0.3, 0.4) is 0 Å². The molecule has 0 aromatic carbocycles. The quantitative estimate of drug-likeness (QED) is 0.228. The smallest absolute Gasteiger partial charge is 0.354 e. The highest BCUT2D eigenvalue weighted by Gasteiger charge is 2.17. The lowest BCUT2D eigenvalue weighted by Crippen LogP contribution is -2.26. The van der Waals surface area contributed by atoms with Crippen molar-refractivity contribution in [2.75, 3.05) is 20.3 Å². The van der Waals surface area contributed by atoms with Crippen LogP contribution in [0.2, 0.25) is 0 Å². The molecule has 26 heavy (non-hydrogen) atoms. The fourth-order valence-corrected chi connectivity index (χ4v) is 3.22. The Balaban J connectivity index is 3.25. The Hall–Kier alpha value is -0.420. The maximum absolute atomic E-state index is 11.6. The molecule has 0 aliphatic rings. The summed E-state index contributed by atoms with van der Waals surface area (Å²) >= 11 is 0. The largest absolute Gasteiger partial charge is 0.471 e. The standard InChI is InChI=1S/C19H40NO5P/c1-3-4-5-6-7-8-9-10-11-12-13-14-15-16-19(21)20-17-18-25-26(22,23)24-2/h3-18H2,1-2H3,(H,20,21)(H,22,23). The second-order valence-corrected chi connectivity index (χ2v) is 8.39. The van der Waals surface area contributed by atoms with E-state index in [9.17, 15) is 9.36 Å². The number of unbranched alkanes of at least 4 members (excludes halogenated alkanes) is 12. The lowest BCUT2D eigenvalue weighted by molar-refractivity contribution is -0.121. The molecule has 0 heterocycles. The molecular weight excluding hydrogens is 353 g/mol. The van der Waals surface area contributed by atoms with Gasteiger partial charge < -0.3 is 10.2 Å². The Kier molecular flexibility index (Phi) is 17.7. The fourth-order valence-electron chi connectivity index (χ4n) is 2.80. The molecular formula is C19H40NO5P. The van der Waals surface area contributed by atoms with E-state index >= 15 is 0 Å². The molecule has 0 aliphatic carbocycles. The molecule has 0 radical (unpaired) electrons. The average Bonchev–Trinajstić information content (AvgIpc) is 2.62. The molecule has 0 aromatic rings. The van der Waals surface area contributed by atoms with E-state index in [1.165, 1.54) is 70.6 Å². The van der Waals surface area contributed by atoms with E-state index in [1.807, 2.05) is 0 Å². The lowest BCUT2D eigenvalue weighted by Gasteiger charge is -2.09. The number of phosphoric ester groups is 1. The highest BCUT2D eigenvalue weighted by Crippen LogP contribution is 2.41. The van der Waals surface area contributed by atoms with Crippen LogP contribution in [0, 0.1) is 0 Å². The predicted octanol–water partition coefficient (Wildman–Crippen LogP) is 5.35. The maximum atomic E-state index is 11.6. The normalized spacial score (nSPS) is 13.5. The van der Waals surface area contributed by atoms with Gasteiger partial charge in [0.15, 0.2) is 0 Å². The van der Waals surface area contributed by atoms with E-state index in [0.717, 1.165) is 20.0 Å². The number of carbonyl (C=O) groups excluding carboxylic acids is 1. The Bertz CT molecular complexity index is 379. The van der Waals surface area contributed by atoms with Crippen molar-refractivity contribution < 1.29 is 23.3 Å². The zero-order valence-electron chi connectivity index (χ0n) is 16.8. The van der Waals surface area contributed by atoms with Gasteiger partial charge in [-0.05, 0) is 6.42 Å². The summed E-state index contributed by atoms with van der Waals surface area (Å²) in [6.07, 6.45) is 17.2. The number of amides is 1. The van der Waals surface area contributed by atoms with Crippen LogP contribution in [0.25, 0.3) is 0 Å². The van der Waals surface area contributed by atoms with Crippen molar-refractivity contribution in [2.24, 2.45) is 0 Å². The van der Waals surface area contributed by atoms with Crippen LogP contribution in [-0.2, 0) is 18.4 Å². The summed E-state index contributed by atoms with van der Waals surface area (Å²) in [5, 5.41) is 2.67. The van der Waals surface area contributed by atoms with E-state index < -0.39 is 7.82 Å². The second-order valence-electron chi connectivity index (χ2n) is 6.83. The Labute approximate surface area is 160 Å². The first-order valence-corrected chi connectivity index (χ1v) is 11.8. The van der Waals surface area contributed by atoms with Gasteiger partial charge in [0.25, 0.3) is 0 Å². The maximum Gasteiger partial charge on any atom is 0.471 e. The van der Waals surface area contributed by atoms with Gasteiger partial charge >= 0.3 is 7.82 Å². The number of hydrogen-bond acceptors (Lipinski definition) is 4. The predicted molar refractivity (Wildman–Crippen MR) is 106 cm³/mol. The number of phosphoric acid groups is 1. The zero-order valence-corrected chi connectivity index (χ0v) is 17.7. The molecule has 1 atom stereocenters. The van der Waals surface area contributed by atoms with Crippen molar-refractivity contribution in [1.82, 2.24) is 5.32 Å². The first-order chi connectivity index (χ1) is 12.5. The summed E-state index contributed by atoms with van der Waals surface area (Å²) in [5.74, 6) is -0.0399. The van der Waals surface area contributed by atoms with Crippen LogP contribution in [-0.4, -0.2) is 31.1 Å². The third-order valence-electron chi connectivity index (χ3n) is 4.42. The number of rotatable bonds is 19. The first kappa shape index (κ1) is 25.6. The summed E-state index contributed by atoms with van der Waals surface area (Å²) in [7, 11) is -2.83. The van der Waals surface area contributed by atoms with Crippen LogP contribution >= 0.6 is 7.82 Å². The van der Waals surface area contributed by atoms with E-state index in [4.69, 9.17) is 4.89 Å². The van der Waals surface area contributed by atoms with Crippen molar-refractivity contribution in [3.63, 3.8) is 0 Å². The molecule has 6 nitrogen and oxygen atoms in total. The minimum absolute atomic E-state index is 0.0358. The molecule has 0 bridgehead atoms. The van der Waals surface area contributed by atoms with E-state index in [1.54, 1.807) is 0 Å². The van der Waals surface area contributed by atoms with Gasteiger partial charge in [0.1, 0.15) is 0 Å². The Morgan fingerprint density at radius 2 is 1.35 bits per heavy atom. The van der Waals surface area contributed by atoms with Crippen molar-refractivity contribution in [3.8, 4) is 0 Å². The minimum atomic E-state index is -3.94. The Morgan fingerprint density at radius 1 is 0.885 bits per heavy atom. The average molecular weight is 394 g/mol. The van der Waals surface area contributed by atoms with E-state index in [2.05, 4.69) is 21.3 Å². The Morgan fingerprint density at radius 3 is 1.81 bits per heavy atom. The van der Waals surface area contributed by atoms with Crippen LogP contribution in [0.15, 0.2) is 0 Å². The summed E-state index contributed by atoms with van der Waals surface area (Å²) in [5.41, 5.74) is 0. The molecule has 0 saturated heterocycles. The van der Waals surface area contributed by atoms with Crippen LogP contribution in [0.5, 0.6) is 0 Å². The third kappa shape index (κ3) is 18.4. The van der Waals surface area contributed by atoms with Crippen LogP contribution < -0.4 is 5.32 Å².